The SMILES string of the molecule is CSc1cc2c(cnc3sccc32)s1. The number of thiophene rings is 2. The molecule has 0 radical (unpaired) electrons. The van der Waals surface area contributed by atoms with Gasteiger partial charge >= 0.3 is 0 Å². The summed E-state index contributed by atoms with van der Waals surface area (Å²) in [5, 5.41) is 4.75. The highest BCUT2D eigenvalue weighted by molar-refractivity contribution is 8.00. The van der Waals surface area contributed by atoms with Crippen LogP contribution in [0, 0.1) is 0 Å². The molecule has 3 rings (SSSR count). The largest absolute Gasteiger partial charge is 0.244 e. The van der Waals surface area contributed by atoms with Crippen LogP contribution in [0.25, 0.3) is 20.3 Å². The molecule has 0 atom stereocenters. The fourth-order valence-electron chi connectivity index (χ4n) is 1.51. The van der Waals surface area contributed by atoms with Gasteiger partial charge in [0, 0.05) is 17.0 Å². The molecule has 0 aromatic carbocycles. The van der Waals surface area contributed by atoms with Crippen LogP contribution in [-0.2, 0) is 0 Å². The molecule has 1 nitrogen and oxygen atoms in total. The molecule has 14 heavy (non-hydrogen) atoms. The van der Waals surface area contributed by atoms with Gasteiger partial charge in [-0.05, 0) is 23.8 Å². The first-order chi connectivity index (χ1) is 6.88. The quantitative estimate of drug-likeness (QED) is 0.587. The second-order valence-corrected chi connectivity index (χ2v) is 6.03. The normalized spacial score (nSPS) is 11.5. The standard InChI is InChI=1S/C10H7NS3/c1-12-9-4-7-6-2-3-13-10(6)11-5-8(7)14-9/h2-5H,1H3. The number of pyridine rings is 1. The van der Waals surface area contributed by atoms with Gasteiger partial charge < -0.3 is 0 Å². The molecule has 0 bridgehead atoms. The van der Waals surface area contributed by atoms with E-state index in [4.69, 9.17) is 0 Å². The number of nitrogens with zero attached hydrogens (tertiary/aromatic N) is 1. The number of hydrogen-bond donors (Lipinski definition) is 0. The molecular weight excluding hydrogens is 230 g/mol. The van der Waals surface area contributed by atoms with E-state index in [1.54, 1.807) is 23.1 Å². The molecule has 0 amide bonds. The van der Waals surface area contributed by atoms with Crippen molar-refractivity contribution in [1.82, 2.24) is 4.98 Å². The Bertz CT molecular complexity index is 593. The lowest BCUT2D eigenvalue weighted by Gasteiger charge is -1.89. The molecule has 0 fully saturated rings. The van der Waals surface area contributed by atoms with E-state index in [1.807, 2.05) is 17.5 Å². The van der Waals surface area contributed by atoms with Crippen molar-refractivity contribution in [3.8, 4) is 0 Å². The van der Waals surface area contributed by atoms with E-state index in [0.717, 1.165) is 4.83 Å². The Labute approximate surface area is 93.8 Å². The predicted molar refractivity (Wildman–Crippen MR) is 66.8 cm³/mol. The monoisotopic (exact) mass is 237 g/mol. The fraction of sp³-hybridized carbons (Fsp3) is 0.100. The second-order valence-electron chi connectivity index (χ2n) is 2.95. The summed E-state index contributed by atoms with van der Waals surface area (Å²) in [4.78, 5) is 5.58. The molecule has 0 aliphatic heterocycles. The lowest BCUT2D eigenvalue weighted by Crippen LogP contribution is -1.69. The van der Waals surface area contributed by atoms with Crippen LogP contribution in [0.15, 0.2) is 27.9 Å². The molecule has 0 saturated carbocycles. The summed E-state index contributed by atoms with van der Waals surface area (Å²) in [6.45, 7) is 0. The van der Waals surface area contributed by atoms with Crippen LogP contribution in [-0.4, -0.2) is 11.2 Å². The molecule has 3 aromatic rings. The maximum Gasteiger partial charge on any atom is 0.123 e. The van der Waals surface area contributed by atoms with Gasteiger partial charge in [0.1, 0.15) is 4.83 Å². The molecule has 0 unspecified atom stereocenters. The Morgan fingerprint density at radius 1 is 1.36 bits per heavy atom. The van der Waals surface area contributed by atoms with Crippen molar-refractivity contribution in [3.63, 3.8) is 0 Å². The van der Waals surface area contributed by atoms with Crippen molar-refractivity contribution in [2.45, 2.75) is 4.21 Å². The number of fused-ring (bicyclic) bond motifs is 3. The molecule has 0 saturated heterocycles. The number of hydrogen-bond acceptors (Lipinski definition) is 4. The summed E-state index contributed by atoms with van der Waals surface area (Å²) in [5.41, 5.74) is 0. The summed E-state index contributed by atoms with van der Waals surface area (Å²) < 4.78 is 2.65. The van der Waals surface area contributed by atoms with E-state index in [1.165, 1.54) is 19.7 Å². The van der Waals surface area contributed by atoms with E-state index < -0.39 is 0 Å². The third-order valence-corrected chi connectivity index (χ3v) is 5.13. The Morgan fingerprint density at radius 3 is 3.14 bits per heavy atom. The summed E-state index contributed by atoms with van der Waals surface area (Å²) in [6.07, 6.45) is 4.10. The highest BCUT2D eigenvalue weighted by atomic mass is 32.2. The second kappa shape index (κ2) is 3.22. The lowest BCUT2D eigenvalue weighted by atomic mass is 10.2. The molecule has 0 N–H and O–H groups in total. The Balaban J connectivity index is 2.49. The molecule has 3 aromatic heterocycles. The minimum absolute atomic E-state index is 1.14. The topological polar surface area (TPSA) is 12.9 Å². The molecule has 4 heteroatoms. The van der Waals surface area contributed by atoms with Crippen LogP contribution >= 0.6 is 34.4 Å². The van der Waals surface area contributed by atoms with Crippen LogP contribution in [0.3, 0.4) is 0 Å². The van der Waals surface area contributed by atoms with Crippen molar-refractivity contribution in [3.05, 3.63) is 23.7 Å². The minimum Gasteiger partial charge on any atom is -0.244 e. The van der Waals surface area contributed by atoms with Crippen molar-refractivity contribution >= 4 is 54.7 Å². The third kappa shape index (κ3) is 1.18. The molecule has 0 aliphatic rings. The van der Waals surface area contributed by atoms with Gasteiger partial charge in [-0.3, -0.25) is 0 Å². The van der Waals surface area contributed by atoms with Gasteiger partial charge in [0.2, 0.25) is 0 Å². The number of thioether (sulfide) groups is 1. The lowest BCUT2D eigenvalue weighted by molar-refractivity contribution is 1.49. The van der Waals surface area contributed by atoms with Gasteiger partial charge in [-0.15, -0.1) is 34.4 Å². The number of aromatic nitrogens is 1. The zero-order valence-corrected chi connectivity index (χ0v) is 9.93. The minimum atomic E-state index is 1.14. The van der Waals surface area contributed by atoms with Crippen LogP contribution in [0.2, 0.25) is 0 Å². The van der Waals surface area contributed by atoms with Gasteiger partial charge in [-0.1, -0.05) is 0 Å². The zero-order valence-electron chi connectivity index (χ0n) is 7.48. The first kappa shape index (κ1) is 8.71. The number of rotatable bonds is 1. The van der Waals surface area contributed by atoms with E-state index >= 15 is 0 Å². The Hall–Kier alpha value is -0.580. The van der Waals surface area contributed by atoms with Crippen LogP contribution in [0.5, 0.6) is 0 Å². The summed E-state index contributed by atoms with van der Waals surface area (Å²) in [5.74, 6) is 0. The summed E-state index contributed by atoms with van der Waals surface area (Å²) >= 11 is 5.33. The third-order valence-electron chi connectivity index (χ3n) is 2.17. The molecule has 0 spiro atoms. The highest BCUT2D eigenvalue weighted by Crippen LogP contribution is 2.36. The average molecular weight is 237 g/mol. The Morgan fingerprint density at radius 2 is 2.29 bits per heavy atom. The average Bonchev–Trinajstić information content (AvgIpc) is 2.82. The predicted octanol–water partition coefficient (Wildman–Crippen LogP) is 4.23. The van der Waals surface area contributed by atoms with Gasteiger partial charge in [-0.2, -0.15) is 0 Å². The highest BCUT2D eigenvalue weighted by Gasteiger charge is 2.06. The summed E-state index contributed by atoms with van der Waals surface area (Å²) in [7, 11) is 0. The maximum absolute atomic E-state index is 4.44. The zero-order chi connectivity index (χ0) is 9.54. The summed E-state index contributed by atoms with van der Waals surface area (Å²) in [6, 6.07) is 4.42. The first-order valence-corrected chi connectivity index (χ1v) is 7.10. The van der Waals surface area contributed by atoms with E-state index in [9.17, 15) is 0 Å². The van der Waals surface area contributed by atoms with Crippen molar-refractivity contribution in [2.75, 3.05) is 6.26 Å². The van der Waals surface area contributed by atoms with E-state index in [2.05, 4.69) is 28.8 Å². The van der Waals surface area contributed by atoms with Gasteiger partial charge in [0.05, 0.1) is 8.91 Å². The van der Waals surface area contributed by atoms with E-state index in [-0.39, 0.29) is 0 Å². The van der Waals surface area contributed by atoms with Crippen LogP contribution in [0.4, 0.5) is 0 Å². The van der Waals surface area contributed by atoms with Crippen LogP contribution in [0.1, 0.15) is 0 Å². The molecular formula is C10H7NS3. The molecule has 70 valence electrons. The van der Waals surface area contributed by atoms with Gasteiger partial charge in [-0.25, -0.2) is 4.98 Å². The van der Waals surface area contributed by atoms with Crippen molar-refractivity contribution in [1.29, 1.82) is 0 Å². The van der Waals surface area contributed by atoms with Crippen molar-refractivity contribution < 1.29 is 0 Å². The van der Waals surface area contributed by atoms with Gasteiger partial charge in [0.25, 0.3) is 0 Å². The Kier molecular flexibility index (Phi) is 2.00. The maximum atomic E-state index is 4.44. The van der Waals surface area contributed by atoms with Crippen LogP contribution < -0.4 is 0 Å². The first-order valence-electron chi connectivity index (χ1n) is 4.18. The van der Waals surface area contributed by atoms with Gasteiger partial charge in [0.15, 0.2) is 0 Å². The molecule has 0 aliphatic carbocycles. The fourth-order valence-corrected chi connectivity index (χ4v) is 3.88. The molecule has 3 heterocycles. The smallest absolute Gasteiger partial charge is 0.123 e. The van der Waals surface area contributed by atoms with Crippen molar-refractivity contribution in [2.24, 2.45) is 0 Å². The van der Waals surface area contributed by atoms with E-state index in [0.29, 0.717) is 0 Å².